The quantitative estimate of drug-likeness (QED) is 0.687. The Morgan fingerprint density at radius 3 is 2.67 bits per heavy atom. The molecule has 1 heterocycles. The molecule has 0 unspecified atom stereocenters. The molecule has 1 saturated carbocycles. The molecule has 4 heteroatoms. The Balaban J connectivity index is 1.56. The third kappa shape index (κ3) is 2.89. The zero-order valence-corrected chi connectivity index (χ0v) is 14.3. The second-order valence-electron chi connectivity index (χ2n) is 6.67. The molecule has 1 aromatic heterocycles. The highest BCUT2D eigenvalue weighted by Gasteiger charge is 2.25. The first kappa shape index (κ1) is 15.2. The Hall–Kier alpha value is -2.33. The normalized spacial score (nSPS) is 14.5. The summed E-state index contributed by atoms with van der Waals surface area (Å²) >= 11 is 0. The van der Waals surface area contributed by atoms with Crippen molar-refractivity contribution in [3.8, 4) is 5.75 Å². The summed E-state index contributed by atoms with van der Waals surface area (Å²) in [5.41, 5.74) is 2.63. The van der Waals surface area contributed by atoms with Crippen LogP contribution in [0, 0.1) is 0 Å². The molecule has 0 spiro atoms. The highest BCUT2D eigenvalue weighted by Crippen LogP contribution is 2.36. The van der Waals surface area contributed by atoms with Gasteiger partial charge in [0.15, 0.2) is 0 Å². The van der Waals surface area contributed by atoms with Crippen LogP contribution < -0.4 is 4.74 Å². The molecule has 124 valence electrons. The minimum absolute atomic E-state index is 0.678. The molecule has 0 radical (unpaired) electrons. The number of methoxy groups -OCH3 is 1. The number of fused-ring (bicyclic) bond motifs is 1. The monoisotopic (exact) mass is 321 g/mol. The van der Waals surface area contributed by atoms with E-state index in [2.05, 4.69) is 57.9 Å². The maximum atomic E-state index is 5.50. The van der Waals surface area contributed by atoms with Gasteiger partial charge in [0.25, 0.3) is 0 Å². The molecule has 4 rings (SSSR count). The second kappa shape index (κ2) is 6.29. The number of aromatic nitrogens is 2. The van der Waals surface area contributed by atoms with E-state index in [0.717, 1.165) is 18.8 Å². The van der Waals surface area contributed by atoms with E-state index in [-0.39, 0.29) is 0 Å². The van der Waals surface area contributed by atoms with Crippen LogP contribution in [0.25, 0.3) is 10.8 Å². The number of ether oxygens (including phenoxy) is 1. The van der Waals surface area contributed by atoms with Crippen LogP contribution in [-0.4, -0.2) is 28.6 Å². The van der Waals surface area contributed by atoms with Gasteiger partial charge in [0, 0.05) is 30.7 Å². The third-order valence-corrected chi connectivity index (χ3v) is 4.75. The molecule has 1 aliphatic carbocycles. The molecule has 3 aromatic rings. The highest BCUT2D eigenvalue weighted by molar-refractivity contribution is 5.91. The molecular formula is C20H23N3O. The summed E-state index contributed by atoms with van der Waals surface area (Å²) in [6, 6.07) is 13.4. The molecule has 0 saturated heterocycles. The average molecular weight is 321 g/mol. The molecule has 0 atom stereocenters. The van der Waals surface area contributed by atoms with Crippen molar-refractivity contribution >= 4 is 10.8 Å². The lowest BCUT2D eigenvalue weighted by Crippen LogP contribution is -2.19. The summed E-state index contributed by atoms with van der Waals surface area (Å²) < 4.78 is 7.83. The van der Waals surface area contributed by atoms with Crippen LogP contribution in [0.4, 0.5) is 0 Å². The maximum absolute atomic E-state index is 5.50. The Morgan fingerprint density at radius 2 is 1.92 bits per heavy atom. The van der Waals surface area contributed by atoms with Gasteiger partial charge < -0.3 is 9.30 Å². The van der Waals surface area contributed by atoms with Gasteiger partial charge in [-0.2, -0.15) is 0 Å². The van der Waals surface area contributed by atoms with Crippen LogP contribution in [-0.2, 0) is 13.1 Å². The maximum Gasteiger partial charge on any atom is 0.126 e. The van der Waals surface area contributed by atoms with Gasteiger partial charge in [-0.05, 0) is 36.9 Å². The summed E-state index contributed by atoms with van der Waals surface area (Å²) in [7, 11) is 3.90. The first-order valence-corrected chi connectivity index (χ1v) is 8.50. The van der Waals surface area contributed by atoms with Crippen LogP contribution in [0.2, 0.25) is 0 Å². The Morgan fingerprint density at radius 1 is 1.12 bits per heavy atom. The van der Waals surface area contributed by atoms with Crippen LogP contribution in [0.3, 0.4) is 0 Å². The van der Waals surface area contributed by atoms with E-state index in [4.69, 9.17) is 4.74 Å². The summed E-state index contributed by atoms with van der Waals surface area (Å²) in [4.78, 5) is 6.69. The lowest BCUT2D eigenvalue weighted by Gasteiger charge is -2.19. The predicted octanol–water partition coefficient (Wildman–Crippen LogP) is 4.01. The van der Waals surface area contributed by atoms with Gasteiger partial charge in [-0.3, -0.25) is 4.90 Å². The molecule has 4 nitrogen and oxygen atoms in total. The van der Waals surface area contributed by atoms with Crippen molar-refractivity contribution in [1.82, 2.24) is 14.5 Å². The number of nitrogens with zero attached hydrogens (tertiary/aromatic N) is 3. The van der Waals surface area contributed by atoms with Gasteiger partial charge in [-0.1, -0.05) is 30.3 Å². The summed E-state index contributed by atoms with van der Waals surface area (Å²) in [6.45, 7) is 1.82. The molecule has 1 fully saturated rings. The van der Waals surface area contributed by atoms with Gasteiger partial charge in [-0.15, -0.1) is 0 Å². The van der Waals surface area contributed by atoms with E-state index in [1.165, 1.54) is 34.9 Å². The molecule has 2 aromatic carbocycles. The topological polar surface area (TPSA) is 30.3 Å². The zero-order valence-electron chi connectivity index (χ0n) is 14.3. The van der Waals surface area contributed by atoms with Gasteiger partial charge in [0.1, 0.15) is 5.75 Å². The second-order valence-corrected chi connectivity index (χ2v) is 6.67. The SMILES string of the molecule is COc1ccc(CN(C)Cc2cncn2C2CC2)c2ccccc12. The molecule has 1 aliphatic rings. The molecule has 0 aliphatic heterocycles. The van der Waals surface area contributed by atoms with Crippen LogP contribution in [0.1, 0.15) is 30.1 Å². The minimum Gasteiger partial charge on any atom is -0.496 e. The highest BCUT2D eigenvalue weighted by atomic mass is 16.5. The van der Waals surface area contributed by atoms with Gasteiger partial charge in [-0.25, -0.2) is 4.98 Å². The number of hydrogen-bond donors (Lipinski definition) is 0. The Kier molecular flexibility index (Phi) is 3.98. The van der Waals surface area contributed by atoms with E-state index in [1.54, 1.807) is 7.11 Å². The van der Waals surface area contributed by atoms with Crippen molar-refractivity contribution in [1.29, 1.82) is 0 Å². The van der Waals surface area contributed by atoms with Crippen molar-refractivity contribution in [3.63, 3.8) is 0 Å². The lowest BCUT2D eigenvalue weighted by atomic mass is 10.0. The molecule has 0 N–H and O–H groups in total. The third-order valence-electron chi connectivity index (χ3n) is 4.75. The van der Waals surface area contributed by atoms with E-state index < -0.39 is 0 Å². The summed E-state index contributed by atoms with van der Waals surface area (Å²) in [5.74, 6) is 0.934. The fourth-order valence-electron chi connectivity index (χ4n) is 3.41. The molecule has 0 amide bonds. The number of rotatable bonds is 6. The van der Waals surface area contributed by atoms with E-state index >= 15 is 0 Å². The smallest absolute Gasteiger partial charge is 0.126 e. The number of benzene rings is 2. The fraction of sp³-hybridized carbons (Fsp3) is 0.350. The standard InChI is InChI=1S/C20H23N3O/c1-22(13-17-11-21-14-23(17)16-8-9-16)12-15-7-10-20(24-2)19-6-4-3-5-18(15)19/h3-7,10-11,14,16H,8-9,12-13H2,1-2H3. The molecule has 24 heavy (non-hydrogen) atoms. The first-order chi connectivity index (χ1) is 11.8. The zero-order chi connectivity index (χ0) is 16.5. The van der Waals surface area contributed by atoms with E-state index in [1.807, 2.05) is 12.5 Å². The Labute approximate surface area is 142 Å². The largest absolute Gasteiger partial charge is 0.496 e. The van der Waals surface area contributed by atoms with E-state index in [0.29, 0.717) is 6.04 Å². The van der Waals surface area contributed by atoms with Gasteiger partial charge >= 0.3 is 0 Å². The summed E-state index contributed by atoms with van der Waals surface area (Å²) in [6.07, 6.45) is 6.55. The minimum atomic E-state index is 0.678. The lowest BCUT2D eigenvalue weighted by molar-refractivity contribution is 0.310. The first-order valence-electron chi connectivity index (χ1n) is 8.50. The number of imidazole rings is 1. The van der Waals surface area contributed by atoms with Crippen LogP contribution in [0.15, 0.2) is 48.9 Å². The van der Waals surface area contributed by atoms with E-state index in [9.17, 15) is 0 Å². The van der Waals surface area contributed by atoms with Crippen LogP contribution in [0.5, 0.6) is 5.75 Å². The van der Waals surface area contributed by atoms with Crippen molar-refractivity contribution in [2.75, 3.05) is 14.2 Å². The van der Waals surface area contributed by atoms with Gasteiger partial charge in [0.05, 0.1) is 19.1 Å². The van der Waals surface area contributed by atoms with Gasteiger partial charge in [0.2, 0.25) is 0 Å². The molecule has 0 bridgehead atoms. The molecular weight excluding hydrogens is 298 g/mol. The van der Waals surface area contributed by atoms with Crippen molar-refractivity contribution in [2.24, 2.45) is 0 Å². The van der Waals surface area contributed by atoms with Crippen molar-refractivity contribution in [3.05, 3.63) is 60.2 Å². The fourth-order valence-corrected chi connectivity index (χ4v) is 3.41. The van der Waals surface area contributed by atoms with Crippen molar-refractivity contribution < 1.29 is 4.74 Å². The number of hydrogen-bond acceptors (Lipinski definition) is 3. The Bertz CT molecular complexity index is 851. The predicted molar refractivity (Wildman–Crippen MR) is 96.2 cm³/mol. The summed E-state index contributed by atoms with van der Waals surface area (Å²) in [5, 5.41) is 2.44. The van der Waals surface area contributed by atoms with Crippen molar-refractivity contribution in [2.45, 2.75) is 32.0 Å². The van der Waals surface area contributed by atoms with Crippen LogP contribution >= 0.6 is 0 Å². The average Bonchev–Trinajstić information content (AvgIpc) is 3.35.